The van der Waals surface area contributed by atoms with Crippen LogP contribution in [0.3, 0.4) is 0 Å². The first-order chi connectivity index (χ1) is 22.3. The summed E-state index contributed by atoms with van der Waals surface area (Å²) >= 11 is 0. The summed E-state index contributed by atoms with van der Waals surface area (Å²) in [5, 5.41) is 26.4. The number of hydrogen-bond acceptors (Lipinski definition) is 12. The van der Waals surface area contributed by atoms with Gasteiger partial charge in [-0.05, 0) is 79.7 Å². The molecule has 0 aliphatic carbocycles. The molecule has 12 nitrogen and oxygen atoms in total. The van der Waals surface area contributed by atoms with Gasteiger partial charge >= 0.3 is 5.97 Å². The molecule has 4 aromatic carbocycles. The predicted molar refractivity (Wildman–Crippen MR) is 171 cm³/mol. The molecular weight excluding hydrogens is 592 g/mol. The standard InChI is InChI=1S/C34H34N4O8/c1-22(2)34(40)46-29(20-44-27-14-16-30(32(18-27)42-4)37-35-23-6-10-25(39)11-7-23)21-45-28-15-17-31(33(19-28)43-5)38-36-24-8-12-26(41-3)13-9-24/h6-19,29,39H,1,20-21H2,2-5H3. The zero-order valence-electron chi connectivity index (χ0n) is 25.9. The number of methoxy groups -OCH3 is 3. The second-order valence-electron chi connectivity index (χ2n) is 9.71. The van der Waals surface area contributed by atoms with Gasteiger partial charge in [0.1, 0.15) is 59.1 Å². The minimum atomic E-state index is -0.788. The Hall–Kier alpha value is -5.91. The average molecular weight is 627 g/mol. The molecule has 12 heteroatoms. The van der Waals surface area contributed by atoms with Gasteiger partial charge in [-0.1, -0.05) is 6.58 Å². The van der Waals surface area contributed by atoms with Gasteiger partial charge in [0.2, 0.25) is 0 Å². The highest BCUT2D eigenvalue weighted by Gasteiger charge is 2.18. The van der Waals surface area contributed by atoms with E-state index in [1.54, 1.807) is 86.8 Å². The van der Waals surface area contributed by atoms with Gasteiger partial charge in [-0.15, -0.1) is 10.2 Å². The van der Waals surface area contributed by atoms with Gasteiger partial charge in [0.05, 0.1) is 32.7 Å². The molecule has 46 heavy (non-hydrogen) atoms. The zero-order chi connectivity index (χ0) is 32.9. The van der Waals surface area contributed by atoms with Crippen molar-refractivity contribution in [2.24, 2.45) is 20.5 Å². The molecule has 1 N–H and O–H groups in total. The number of phenols is 1. The molecule has 1 unspecified atom stereocenters. The summed E-state index contributed by atoms with van der Waals surface area (Å²) in [4.78, 5) is 12.4. The number of carbonyl (C=O) groups excluding carboxylic acids is 1. The summed E-state index contributed by atoms with van der Waals surface area (Å²) in [6, 6.07) is 23.6. The number of phenolic OH excluding ortho intramolecular Hbond substituents is 1. The molecule has 0 bridgehead atoms. The Labute approximate surface area is 266 Å². The average Bonchev–Trinajstić information content (AvgIpc) is 3.08. The molecular formula is C34H34N4O8. The lowest BCUT2D eigenvalue weighted by Gasteiger charge is -2.20. The first-order valence-electron chi connectivity index (χ1n) is 14.0. The van der Waals surface area contributed by atoms with Crippen molar-refractivity contribution in [3.63, 3.8) is 0 Å². The molecule has 0 aromatic heterocycles. The number of rotatable bonds is 15. The van der Waals surface area contributed by atoms with E-state index in [2.05, 4.69) is 27.0 Å². The van der Waals surface area contributed by atoms with Gasteiger partial charge in [-0.3, -0.25) is 0 Å². The van der Waals surface area contributed by atoms with E-state index in [1.165, 1.54) is 26.4 Å². The van der Waals surface area contributed by atoms with Gasteiger partial charge in [0, 0.05) is 17.7 Å². The van der Waals surface area contributed by atoms with Crippen molar-refractivity contribution in [3.05, 3.63) is 97.1 Å². The van der Waals surface area contributed by atoms with E-state index in [0.29, 0.717) is 45.7 Å². The fourth-order valence-corrected chi connectivity index (χ4v) is 3.80. The SMILES string of the molecule is C=C(C)C(=O)OC(COc1ccc(N=Nc2ccc(O)cc2)c(OC)c1)COc1ccc(N=Nc2ccc(OC)cc2)c(OC)c1. The lowest BCUT2D eigenvalue weighted by Crippen LogP contribution is -2.31. The van der Waals surface area contributed by atoms with Gasteiger partial charge in [0.15, 0.2) is 6.10 Å². The summed E-state index contributed by atoms with van der Waals surface area (Å²) in [6.07, 6.45) is -0.788. The van der Waals surface area contributed by atoms with E-state index in [1.807, 2.05) is 0 Å². The highest BCUT2D eigenvalue weighted by atomic mass is 16.6. The highest BCUT2D eigenvalue weighted by Crippen LogP contribution is 2.34. The molecule has 0 saturated heterocycles. The van der Waals surface area contributed by atoms with Crippen LogP contribution in [-0.4, -0.2) is 51.7 Å². The topological polar surface area (TPSA) is 142 Å². The number of carbonyl (C=O) groups is 1. The van der Waals surface area contributed by atoms with Crippen LogP contribution in [0, 0.1) is 0 Å². The fraction of sp³-hybridized carbons (Fsp3) is 0.206. The first-order valence-corrected chi connectivity index (χ1v) is 14.0. The Morgan fingerprint density at radius 1 is 0.674 bits per heavy atom. The third-order valence-electron chi connectivity index (χ3n) is 6.26. The summed E-state index contributed by atoms with van der Waals surface area (Å²) in [5.41, 5.74) is 2.42. The maximum absolute atomic E-state index is 12.4. The Balaban J connectivity index is 1.41. The van der Waals surface area contributed by atoms with Crippen LogP contribution >= 0.6 is 0 Å². The summed E-state index contributed by atoms with van der Waals surface area (Å²) < 4.78 is 33.6. The molecule has 0 fully saturated rings. The second-order valence-corrected chi connectivity index (χ2v) is 9.71. The molecule has 0 aliphatic rings. The normalized spacial score (nSPS) is 11.7. The Kier molecular flexibility index (Phi) is 11.6. The largest absolute Gasteiger partial charge is 0.508 e. The number of hydrogen-bond donors (Lipinski definition) is 1. The second kappa shape index (κ2) is 16.2. The van der Waals surface area contributed by atoms with Crippen LogP contribution in [-0.2, 0) is 9.53 Å². The first kappa shape index (κ1) is 33.0. The molecule has 0 spiro atoms. The number of azo groups is 2. The molecule has 4 rings (SSSR count). The van der Waals surface area contributed by atoms with Crippen LogP contribution in [0.1, 0.15) is 6.92 Å². The quantitative estimate of drug-likeness (QED) is 0.0790. The maximum atomic E-state index is 12.4. The van der Waals surface area contributed by atoms with Crippen molar-refractivity contribution in [2.75, 3.05) is 34.5 Å². The molecule has 0 amide bonds. The number of benzene rings is 4. The van der Waals surface area contributed by atoms with Gasteiger partial charge < -0.3 is 33.5 Å². The van der Waals surface area contributed by atoms with E-state index < -0.39 is 12.1 Å². The van der Waals surface area contributed by atoms with Gasteiger partial charge in [0.25, 0.3) is 0 Å². The van der Waals surface area contributed by atoms with Crippen molar-refractivity contribution < 1.29 is 38.3 Å². The zero-order valence-corrected chi connectivity index (χ0v) is 25.9. The third-order valence-corrected chi connectivity index (χ3v) is 6.26. The Morgan fingerprint density at radius 2 is 1.13 bits per heavy atom. The van der Waals surface area contributed by atoms with Crippen LogP contribution in [0.2, 0.25) is 0 Å². The van der Waals surface area contributed by atoms with Crippen molar-refractivity contribution in [1.29, 1.82) is 0 Å². The lowest BCUT2D eigenvalue weighted by molar-refractivity contribution is -0.147. The number of esters is 1. The molecule has 238 valence electrons. The number of ether oxygens (including phenoxy) is 6. The van der Waals surface area contributed by atoms with Crippen LogP contribution in [0.4, 0.5) is 22.7 Å². The predicted octanol–water partition coefficient (Wildman–Crippen LogP) is 8.19. The van der Waals surface area contributed by atoms with Crippen LogP contribution in [0.25, 0.3) is 0 Å². The van der Waals surface area contributed by atoms with Crippen LogP contribution in [0.15, 0.2) is 118 Å². The van der Waals surface area contributed by atoms with Crippen LogP contribution in [0.5, 0.6) is 34.5 Å². The fourth-order valence-electron chi connectivity index (χ4n) is 3.80. The van der Waals surface area contributed by atoms with E-state index in [-0.39, 0.29) is 24.5 Å². The van der Waals surface area contributed by atoms with E-state index in [4.69, 9.17) is 28.4 Å². The maximum Gasteiger partial charge on any atom is 0.333 e. The Morgan fingerprint density at radius 3 is 1.57 bits per heavy atom. The van der Waals surface area contributed by atoms with Gasteiger partial charge in [-0.2, -0.15) is 10.2 Å². The summed E-state index contributed by atoms with van der Waals surface area (Å²) in [7, 11) is 4.62. The minimum absolute atomic E-state index is 0.0229. The van der Waals surface area contributed by atoms with Gasteiger partial charge in [-0.25, -0.2) is 4.79 Å². The molecule has 4 aromatic rings. The van der Waals surface area contributed by atoms with Crippen molar-refractivity contribution in [2.45, 2.75) is 13.0 Å². The molecule has 1 atom stereocenters. The summed E-state index contributed by atoms with van der Waals surface area (Å²) in [5.74, 6) is 2.05. The lowest BCUT2D eigenvalue weighted by atomic mass is 10.2. The van der Waals surface area contributed by atoms with Crippen molar-refractivity contribution in [1.82, 2.24) is 0 Å². The molecule has 0 radical (unpaired) electrons. The smallest absolute Gasteiger partial charge is 0.333 e. The number of nitrogens with zero attached hydrogens (tertiary/aromatic N) is 4. The van der Waals surface area contributed by atoms with E-state index in [9.17, 15) is 9.90 Å². The third kappa shape index (κ3) is 9.55. The molecule has 0 saturated carbocycles. The Bertz CT molecular complexity index is 1690. The van der Waals surface area contributed by atoms with Crippen molar-refractivity contribution >= 4 is 28.7 Å². The van der Waals surface area contributed by atoms with E-state index >= 15 is 0 Å². The van der Waals surface area contributed by atoms with Crippen LogP contribution < -0.4 is 23.7 Å². The summed E-state index contributed by atoms with van der Waals surface area (Å²) in [6.45, 7) is 5.16. The highest BCUT2D eigenvalue weighted by molar-refractivity contribution is 5.87. The molecule has 0 aliphatic heterocycles. The number of aromatic hydroxyl groups is 1. The van der Waals surface area contributed by atoms with E-state index in [0.717, 1.165) is 5.75 Å². The molecule has 0 heterocycles. The van der Waals surface area contributed by atoms with Crippen molar-refractivity contribution in [3.8, 4) is 34.5 Å². The minimum Gasteiger partial charge on any atom is -0.508 e. The monoisotopic (exact) mass is 626 g/mol.